The number of unbranched alkanes of at least 4 members (excludes halogenated alkanes) is 4. The molecule has 0 aromatic heterocycles. The van der Waals surface area contributed by atoms with Crippen molar-refractivity contribution in [3.8, 4) is 11.5 Å². The van der Waals surface area contributed by atoms with Crippen LogP contribution in [0.15, 0.2) is 18.2 Å². The van der Waals surface area contributed by atoms with Gasteiger partial charge in [-0.1, -0.05) is 32.6 Å². The van der Waals surface area contributed by atoms with E-state index in [9.17, 15) is 5.11 Å². The fourth-order valence-corrected chi connectivity index (χ4v) is 1.83. The van der Waals surface area contributed by atoms with Crippen molar-refractivity contribution in [3.05, 3.63) is 23.8 Å². The summed E-state index contributed by atoms with van der Waals surface area (Å²) < 4.78 is 10.8. The van der Waals surface area contributed by atoms with Crippen LogP contribution in [-0.2, 0) is 6.61 Å². The Labute approximate surface area is 110 Å². The molecule has 0 radical (unpaired) electrons. The van der Waals surface area contributed by atoms with E-state index in [1.165, 1.54) is 25.7 Å². The molecular formula is C15H24O3. The first kappa shape index (κ1) is 14.8. The van der Waals surface area contributed by atoms with Crippen molar-refractivity contribution >= 4 is 0 Å². The van der Waals surface area contributed by atoms with E-state index in [1.807, 2.05) is 18.2 Å². The SMILES string of the molecule is CCCCCCCOc1ccc(OC)cc1CO. The molecule has 1 aromatic carbocycles. The number of rotatable bonds is 9. The number of ether oxygens (including phenoxy) is 2. The molecule has 3 heteroatoms. The third kappa shape index (κ3) is 4.96. The second-order valence-electron chi connectivity index (χ2n) is 4.39. The third-order valence-corrected chi connectivity index (χ3v) is 2.94. The minimum atomic E-state index is -0.0254. The minimum Gasteiger partial charge on any atom is -0.497 e. The van der Waals surface area contributed by atoms with E-state index in [2.05, 4.69) is 6.92 Å². The first-order chi connectivity index (χ1) is 8.81. The van der Waals surface area contributed by atoms with Crippen molar-refractivity contribution in [1.82, 2.24) is 0 Å². The Hall–Kier alpha value is -1.22. The van der Waals surface area contributed by atoms with E-state index in [4.69, 9.17) is 9.47 Å². The smallest absolute Gasteiger partial charge is 0.125 e. The van der Waals surface area contributed by atoms with Gasteiger partial charge in [-0.15, -0.1) is 0 Å². The Morgan fingerprint density at radius 2 is 1.89 bits per heavy atom. The third-order valence-electron chi connectivity index (χ3n) is 2.94. The van der Waals surface area contributed by atoms with E-state index in [1.54, 1.807) is 7.11 Å². The molecule has 0 heterocycles. The van der Waals surface area contributed by atoms with Crippen molar-refractivity contribution in [1.29, 1.82) is 0 Å². The molecule has 0 saturated heterocycles. The van der Waals surface area contributed by atoms with Gasteiger partial charge in [0.15, 0.2) is 0 Å². The normalized spacial score (nSPS) is 10.4. The van der Waals surface area contributed by atoms with Crippen LogP contribution in [0.1, 0.15) is 44.6 Å². The second-order valence-corrected chi connectivity index (χ2v) is 4.39. The van der Waals surface area contributed by atoms with Gasteiger partial charge in [0.05, 0.1) is 20.3 Å². The number of aliphatic hydroxyl groups is 1. The van der Waals surface area contributed by atoms with E-state index in [0.717, 1.165) is 23.5 Å². The molecular weight excluding hydrogens is 228 g/mol. The first-order valence-corrected chi connectivity index (χ1v) is 6.72. The summed E-state index contributed by atoms with van der Waals surface area (Å²) in [6, 6.07) is 5.52. The number of hydrogen-bond donors (Lipinski definition) is 1. The molecule has 0 unspecified atom stereocenters. The molecule has 0 aliphatic carbocycles. The second kappa shape index (κ2) is 8.81. The molecule has 1 aromatic rings. The molecule has 0 fully saturated rings. The van der Waals surface area contributed by atoms with Crippen molar-refractivity contribution in [2.75, 3.05) is 13.7 Å². The van der Waals surface area contributed by atoms with Crippen LogP contribution < -0.4 is 9.47 Å². The van der Waals surface area contributed by atoms with Crippen LogP contribution in [-0.4, -0.2) is 18.8 Å². The van der Waals surface area contributed by atoms with E-state index in [0.29, 0.717) is 6.61 Å². The molecule has 0 saturated carbocycles. The summed E-state index contributed by atoms with van der Waals surface area (Å²) in [6.07, 6.45) is 6.10. The van der Waals surface area contributed by atoms with Crippen molar-refractivity contribution in [2.45, 2.75) is 45.6 Å². The van der Waals surface area contributed by atoms with Gasteiger partial charge in [0, 0.05) is 5.56 Å². The van der Waals surface area contributed by atoms with Crippen LogP contribution in [0.2, 0.25) is 0 Å². The van der Waals surface area contributed by atoms with Crippen molar-refractivity contribution < 1.29 is 14.6 Å². The number of hydrogen-bond acceptors (Lipinski definition) is 3. The lowest BCUT2D eigenvalue weighted by Gasteiger charge is -2.11. The molecule has 0 aliphatic heterocycles. The highest BCUT2D eigenvalue weighted by molar-refractivity contribution is 5.39. The number of benzene rings is 1. The fourth-order valence-electron chi connectivity index (χ4n) is 1.83. The van der Waals surface area contributed by atoms with Crippen LogP contribution >= 0.6 is 0 Å². The first-order valence-electron chi connectivity index (χ1n) is 6.72. The van der Waals surface area contributed by atoms with Gasteiger partial charge in [-0.2, -0.15) is 0 Å². The van der Waals surface area contributed by atoms with E-state index < -0.39 is 0 Å². The summed E-state index contributed by atoms with van der Waals surface area (Å²) in [5.41, 5.74) is 0.780. The predicted octanol–water partition coefficient (Wildman–Crippen LogP) is 3.54. The van der Waals surface area contributed by atoms with Crippen LogP contribution in [0, 0.1) is 0 Å². The zero-order chi connectivity index (χ0) is 13.2. The highest BCUT2D eigenvalue weighted by atomic mass is 16.5. The average Bonchev–Trinajstić information content (AvgIpc) is 2.42. The molecule has 0 atom stereocenters. The fraction of sp³-hybridized carbons (Fsp3) is 0.600. The van der Waals surface area contributed by atoms with Gasteiger partial charge in [-0.25, -0.2) is 0 Å². The van der Waals surface area contributed by atoms with Crippen LogP contribution in [0.4, 0.5) is 0 Å². The molecule has 1 rings (SSSR count). The maximum Gasteiger partial charge on any atom is 0.125 e. The van der Waals surface area contributed by atoms with Gasteiger partial charge >= 0.3 is 0 Å². The lowest BCUT2D eigenvalue weighted by Crippen LogP contribution is -2.01. The molecule has 3 nitrogen and oxygen atoms in total. The van der Waals surface area contributed by atoms with Gasteiger partial charge in [-0.05, 0) is 24.6 Å². The molecule has 0 aliphatic rings. The van der Waals surface area contributed by atoms with Gasteiger partial charge in [0.1, 0.15) is 11.5 Å². The molecule has 0 bridgehead atoms. The Morgan fingerprint density at radius 3 is 2.56 bits per heavy atom. The van der Waals surface area contributed by atoms with Crippen LogP contribution in [0.25, 0.3) is 0 Å². The molecule has 18 heavy (non-hydrogen) atoms. The zero-order valence-electron chi connectivity index (χ0n) is 11.4. The molecule has 0 amide bonds. The molecule has 0 spiro atoms. The largest absolute Gasteiger partial charge is 0.497 e. The topological polar surface area (TPSA) is 38.7 Å². The Bertz CT molecular complexity index is 337. The molecule has 1 N–H and O–H groups in total. The maximum atomic E-state index is 9.28. The number of methoxy groups -OCH3 is 1. The predicted molar refractivity (Wildman–Crippen MR) is 73.2 cm³/mol. The lowest BCUT2D eigenvalue weighted by molar-refractivity contribution is 0.259. The summed E-state index contributed by atoms with van der Waals surface area (Å²) in [4.78, 5) is 0. The van der Waals surface area contributed by atoms with Gasteiger partial charge in [0.2, 0.25) is 0 Å². The average molecular weight is 252 g/mol. The summed E-state index contributed by atoms with van der Waals surface area (Å²) in [6.45, 7) is 2.90. The molecule has 102 valence electrons. The summed E-state index contributed by atoms with van der Waals surface area (Å²) >= 11 is 0. The maximum absolute atomic E-state index is 9.28. The van der Waals surface area contributed by atoms with Gasteiger partial charge < -0.3 is 14.6 Å². The van der Waals surface area contributed by atoms with Gasteiger partial charge in [0.25, 0.3) is 0 Å². The summed E-state index contributed by atoms with van der Waals surface area (Å²) in [5.74, 6) is 1.50. The van der Waals surface area contributed by atoms with Gasteiger partial charge in [-0.3, -0.25) is 0 Å². The number of aliphatic hydroxyl groups excluding tert-OH is 1. The highest BCUT2D eigenvalue weighted by Crippen LogP contribution is 2.24. The minimum absolute atomic E-state index is 0.0254. The Balaban J connectivity index is 2.37. The Kier molecular flexibility index (Phi) is 7.26. The zero-order valence-corrected chi connectivity index (χ0v) is 11.4. The van der Waals surface area contributed by atoms with Crippen LogP contribution in [0.5, 0.6) is 11.5 Å². The van der Waals surface area contributed by atoms with Crippen LogP contribution in [0.3, 0.4) is 0 Å². The summed E-state index contributed by atoms with van der Waals surface area (Å²) in [5, 5.41) is 9.28. The van der Waals surface area contributed by atoms with Crippen molar-refractivity contribution in [3.63, 3.8) is 0 Å². The van der Waals surface area contributed by atoms with E-state index >= 15 is 0 Å². The quantitative estimate of drug-likeness (QED) is 0.683. The van der Waals surface area contributed by atoms with E-state index in [-0.39, 0.29) is 6.61 Å². The Morgan fingerprint density at radius 1 is 1.11 bits per heavy atom. The standard InChI is InChI=1S/C15H24O3/c1-3-4-5-6-7-10-18-15-9-8-14(17-2)11-13(15)12-16/h8-9,11,16H,3-7,10,12H2,1-2H3. The van der Waals surface area contributed by atoms with Crippen molar-refractivity contribution in [2.24, 2.45) is 0 Å². The monoisotopic (exact) mass is 252 g/mol. The lowest BCUT2D eigenvalue weighted by atomic mass is 10.1. The highest BCUT2D eigenvalue weighted by Gasteiger charge is 2.04. The summed E-state index contributed by atoms with van der Waals surface area (Å²) in [7, 11) is 1.62.